The second-order valence-corrected chi connectivity index (χ2v) is 8.17. The average molecular weight is 504 g/mol. The van der Waals surface area contributed by atoms with Crippen LogP contribution in [-0.4, -0.2) is 36.7 Å². The van der Waals surface area contributed by atoms with Crippen molar-refractivity contribution >= 4 is 39.7 Å². The van der Waals surface area contributed by atoms with Crippen molar-refractivity contribution < 1.29 is 18.6 Å². The number of fused-ring (bicyclic) bond motifs is 2. The van der Waals surface area contributed by atoms with Crippen LogP contribution in [0.15, 0.2) is 75.0 Å². The van der Waals surface area contributed by atoms with E-state index < -0.39 is 0 Å². The lowest BCUT2D eigenvalue weighted by Gasteiger charge is -2.12. The van der Waals surface area contributed by atoms with Crippen LogP contribution in [-0.2, 0) is 0 Å². The number of benzene rings is 3. The van der Waals surface area contributed by atoms with Crippen molar-refractivity contribution in [2.24, 2.45) is 5.10 Å². The van der Waals surface area contributed by atoms with Gasteiger partial charge in [-0.05, 0) is 55.0 Å². The summed E-state index contributed by atoms with van der Waals surface area (Å²) in [6.07, 6.45) is 1.51. The summed E-state index contributed by atoms with van der Waals surface area (Å²) < 4.78 is 23.7. The first-order valence-electron chi connectivity index (χ1n) is 11.2. The van der Waals surface area contributed by atoms with E-state index in [0.717, 1.165) is 5.39 Å². The van der Waals surface area contributed by atoms with Gasteiger partial charge in [0.15, 0.2) is 17.3 Å². The summed E-state index contributed by atoms with van der Waals surface area (Å²) in [4.78, 5) is 18.2. The van der Waals surface area contributed by atoms with Crippen LogP contribution in [0.2, 0.25) is 5.02 Å². The first kappa shape index (κ1) is 23.4. The fourth-order valence-corrected chi connectivity index (χ4v) is 4.26. The molecule has 2 aromatic heterocycles. The normalized spacial score (nSPS) is 11.4. The molecule has 36 heavy (non-hydrogen) atoms. The molecule has 0 aliphatic rings. The molecular weight excluding hydrogens is 482 g/mol. The Morgan fingerprint density at radius 2 is 1.86 bits per heavy atom. The summed E-state index contributed by atoms with van der Waals surface area (Å²) in [5, 5.41) is 6.03. The van der Waals surface area contributed by atoms with E-state index in [-0.39, 0.29) is 11.4 Å². The van der Waals surface area contributed by atoms with E-state index in [1.165, 1.54) is 18.0 Å². The molecule has 5 rings (SSSR count). The summed E-state index contributed by atoms with van der Waals surface area (Å²) in [5.41, 5.74) is 1.40. The Morgan fingerprint density at radius 3 is 2.64 bits per heavy atom. The van der Waals surface area contributed by atoms with Gasteiger partial charge in [-0.3, -0.25) is 4.79 Å². The van der Waals surface area contributed by atoms with Crippen LogP contribution < -0.4 is 19.8 Å². The van der Waals surface area contributed by atoms with Gasteiger partial charge in [-0.1, -0.05) is 29.8 Å². The van der Waals surface area contributed by atoms with Crippen LogP contribution in [0.4, 0.5) is 0 Å². The highest BCUT2D eigenvalue weighted by atomic mass is 35.5. The van der Waals surface area contributed by atoms with Gasteiger partial charge in [-0.25, -0.2) is 4.98 Å². The predicted molar refractivity (Wildman–Crippen MR) is 140 cm³/mol. The van der Waals surface area contributed by atoms with Gasteiger partial charge in [-0.2, -0.15) is 9.78 Å². The number of halogens is 1. The summed E-state index contributed by atoms with van der Waals surface area (Å²) in [5.74, 6) is 2.17. The van der Waals surface area contributed by atoms with E-state index in [1.807, 2.05) is 31.2 Å². The minimum Gasteiger partial charge on any atom is -0.496 e. The fraction of sp³-hybridized carbons (Fsp3) is 0.148. The third-order valence-electron chi connectivity index (χ3n) is 5.57. The van der Waals surface area contributed by atoms with Crippen molar-refractivity contribution in [1.82, 2.24) is 9.66 Å². The number of para-hydroxylation sites is 1. The van der Waals surface area contributed by atoms with Gasteiger partial charge in [0.05, 0.1) is 48.4 Å². The number of hydrogen-bond donors (Lipinski definition) is 0. The Hall–Kier alpha value is -4.30. The molecule has 0 aliphatic heterocycles. The highest BCUT2D eigenvalue weighted by molar-refractivity contribution is 6.32. The smallest absolute Gasteiger partial charge is 0.282 e. The van der Waals surface area contributed by atoms with Crippen molar-refractivity contribution in [1.29, 1.82) is 0 Å². The molecule has 182 valence electrons. The van der Waals surface area contributed by atoms with Crippen molar-refractivity contribution in [3.63, 3.8) is 0 Å². The molecule has 0 atom stereocenters. The number of ether oxygens (including phenoxy) is 3. The molecule has 0 bridgehead atoms. The molecule has 2 heterocycles. The Kier molecular flexibility index (Phi) is 6.35. The Balaban J connectivity index is 1.70. The van der Waals surface area contributed by atoms with Gasteiger partial charge >= 0.3 is 0 Å². The molecule has 5 aromatic rings. The molecule has 0 saturated carbocycles. The zero-order valence-corrected chi connectivity index (χ0v) is 20.6. The average Bonchev–Trinajstić information content (AvgIpc) is 3.32. The predicted octanol–water partition coefficient (Wildman–Crippen LogP) is 5.76. The summed E-state index contributed by atoms with van der Waals surface area (Å²) in [6, 6.07) is 17.8. The second-order valence-electron chi connectivity index (χ2n) is 7.76. The summed E-state index contributed by atoms with van der Waals surface area (Å²) in [7, 11) is 3.11. The maximum atomic E-state index is 13.5. The largest absolute Gasteiger partial charge is 0.496 e. The lowest BCUT2D eigenvalue weighted by molar-refractivity contribution is 0.311. The molecule has 3 aromatic carbocycles. The van der Waals surface area contributed by atoms with Gasteiger partial charge in [0.25, 0.3) is 5.56 Å². The Morgan fingerprint density at radius 1 is 1.03 bits per heavy atom. The lowest BCUT2D eigenvalue weighted by Crippen LogP contribution is -2.20. The number of aromatic nitrogens is 2. The fourth-order valence-electron chi connectivity index (χ4n) is 3.96. The number of rotatable bonds is 7. The first-order chi connectivity index (χ1) is 17.5. The van der Waals surface area contributed by atoms with E-state index in [1.54, 1.807) is 43.5 Å². The van der Waals surface area contributed by atoms with Gasteiger partial charge in [0.2, 0.25) is 5.82 Å². The highest BCUT2D eigenvalue weighted by Gasteiger charge is 2.18. The van der Waals surface area contributed by atoms with E-state index in [9.17, 15) is 4.79 Å². The van der Waals surface area contributed by atoms with Crippen LogP contribution in [0, 0.1) is 0 Å². The molecule has 0 amide bonds. The van der Waals surface area contributed by atoms with E-state index in [0.29, 0.717) is 56.7 Å². The quantitative estimate of drug-likeness (QED) is 0.262. The highest BCUT2D eigenvalue weighted by Crippen LogP contribution is 2.36. The molecule has 0 aliphatic carbocycles. The second kappa shape index (κ2) is 9.75. The van der Waals surface area contributed by atoms with E-state index >= 15 is 0 Å². The van der Waals surface area contributed by atoms with Crippen molar-refractivity contribution in [3.05, 3.63) is 81.6 Å². The molecule has 9 heteroatoms. The monoisotopic (exact) mass is 503 g/mol. The van der Waals surface area contributed by atoms with Gasteiger partial charge in [-0.15, -0.1) is 0 Å². The Labute approximate surface area is 211 Å². The number of methoxy groups -OCH3 is 2. The van der Waals surface area contributed by atoms with Gasteiger partial charge in [0.1, 0.15) is 11.3 Å². The summed E-state index contributed by atoms with van der Waals surface area (Å²) in [6.45, 7) is 2.30. The maximum absolute atomic E-state index is 13.5. The van der Waals surface area contributed by atoms with Crippen LogP contribution in [0.3, 0.4) is 0 Å². The molecule has 0 fully saturated rings. The maximum Gasteiger partial charge on any atom is 0.282 e. The van der Waals surface area contributed by atoms with Crippen molar-refractivity contribution in [2.45, 2.75) is 6.92 Å². The molecule has 8 nitrogen and oxygen atoms in total. The minimum atomic E-state index is -0.344. The molecule has 0 saturated heterocycles. The molecule has 0 radical (unpaired) electrons. The number of hydrogen-bond acceptors (Lipinski definition) is 7. The van der Waals surface area contributed by atoms with Gasteiger partial charge < -0.3 is 18.6 Å². The zero-order valence-electron chi connectivity index (χ0n) is 19.8. The van der Waals surface area contributed by atoms with Crippen LogP contribution in [0.1, 0.15) is 12.5 Å². The third-order valence-corrected chi connectivity index (χ3v) is 5.85. The standard InChI is InChI=1S/C27H22ClN3O5/c1-4-35-23-13-16(12-19(28)25(23)34-3)15-29-31-26(30-20-9-6-5-8-17(20)27(31)32)24-14-18-21(33-2)10-7-11-22(18)36-24/h5-15H,4H2,1-3H3. The van der Waals surface area contributed by atoms with Crippen LogP contribution in [0.25, 0.3) is 33.5 Å². The SMILES string of the molecule is CCOc1cc(C=Nn2c(-c3cc4c(OC)cccc4o3)nc3ccccc3c2=O)cc(Cl)c1OC. The first-order valence-corrected chi connectivity index (χ1v) is 11.5. The molecule has 0 N–H and O–H groups in total. The zero-order chi connectivity index (χ0) is 25.2. The van der Waals surface area contributed by atoms with Gasteiger partial charge in [0, 0.05) is 0 Å². The number of furan rings is 1. The molecule has 0 unspecified atom stereocenters. The number of nitrogens with zero attached hydrogens (tertiary/aromatic N) is 3. The molecular formula is C27H22ClN3O5. The van der Waals surface area contributed by atoms with E-state index in [2.05, 4.69) is 5.10 Å². The lowest BCUT2D eigenvalue weighted by atomic mass is 10.2. The summed E-state index contributed by atoms with van der Waals surface area (Å²) >= 11 is 6.39. The van der Waals surface area contributed by atoms with Crippen LogP contribution in [0.5, 0.6) is 17.2 Å². The van der Waals surface area contributed by atoms with Crippen molar-refractivity contribution in [2.75, 3.05) is 20.8 Å². The van der Waals surface area contributed by atoms with E-state index in [4.69, 9.17) is 35.2 Å². The molecule has 0 spiro atoms. The topological polar surface area (TPSA) is 88.1 Å². The van der Waals surface area contributed by atoms with Crippen LogP contribution >= 0.6 is 11.6 Å². The Bertz CT molecular complexity index is 1670. The third kappa shape index (κ3) is 4.16. The minimum absolute atomic E-state index is 0.248. The van der Waals surface area contributed by atoms with Crippen molar-refractivity contribution in [3.8, 4) is 28.8 Å².